The SMILES string of the molecule is Nc1nccc(-c2ccc3c(c2)Oc2ccccc2NC3=O)n1. The summed E-state index contributed by atoms with van der Waals surface area (Å²) in [6, 6.07) is 14.3. The molecule has 2 heterocycles. The van der Waals surface area contributed by atoms with E-state index < -0.39 is 0 Å². The number of nitrogens with two attached hydrogens (primary N) is 1. The number of fused-ring (bicyclic) bond motifs is 2. The first-order chi connectivity index (χ1) is 11.2. The Bertz CT molecular complexity index is 924. The van der Waals surface area contributed by atoms with Crippen LogP contribution in [0.4, 0.5) is 11.6 Å². The van der Waals surface area contributed by atoms with E-state index in [1.54, 1.807) is 42.6 Å². The number of carbonyl (C=O) groups excluding carboxylic acids is 1. The largest absolute Gasteiger partial charge is 0.454 e. The van der Waals surface area contributed by atoms with Gasteiger partial charge in [0.15, 0.2) is 5.75 Å². The van der Waals surface area contributed by atoms with Gasteiger partial charge in [0.25, 0.3) is 5.91 Å². The van der Waals surface area contributed by atoms with Crippen molar-refractivity contribution in [2.75, 3.05) is 11.1 Å². The summed E-state index contributed by atoms with van der Waals surface area (Å²) in [5, 5.41) is 2.84. The van der Waals surface area contributed by atoms with Gasteiger partial charge in [-0.3, -0.25) is 4.79 Å². The van der Waals surface area contributed by atoms with Gasteiger partial charge in [-0.1, -0.05) is 18.2 Å². The van der Waals surface area contributed by atoms with E-state index in [0.29, 0.717) is 28.4 Å². The summed E-state index contributed by atoms with van der Waals surface area (Å²) in [6.45, 7) is 0. The Morgan fingerprint density at radius 3 is 2.78 bits per heavy atom. The van der Waals surface area contributed by atoms with E-state index in [4.69, 9.17) is 10.5 Å². The number of nitrogens with one attached hydrogen (secondary N) is 1. The number of nitrogen functional groups attached to an aromatic ring is 1. The molecule has 1 aliphatic rings. The number of nitrogens with zero attached hydrogens (tertiary/aromatic N) is 2. The maximum Gasteiger partial charge on any atom is 0.259 e. The van der Waals surface area contributed by atoms with E-state index in [-0.39, 0.29) is 11.9 Å². The lowest BCUT2D eigenvalue weighted by Gasteiger charge is -2.09. The molecule has 0 unspecified atom stereocenters. The first kappa shape index (κ1) is 13.3. The van der Waals surface area contributed by atoms with Gasteiger partial charge in [0.1, 0.15) is 5.75 Å². The maximum atomic E-state index is 12.3. The van der Waals surface area contributed by atoms with Crippen LogP contribution in [0.5, 0.6) is 11.5 Å². The standard InChI is InChI=1S/C17H12N4O2/c18-17-19-8-7-12(21-17)10-5-6-11-15(9-10)23-14-4-2-1-3-13(14)20-16(11)22/h1-9H,(H,20,22)(H2,18,19,21). The van der Waals surface area contributed by atoms with Gasteiger partial charge in [-0.05, 0) is 30.3 Å². The van der Waals surface area contributed by atoms with Crippen LogP contribution in [0.3, 0.4) is 0 Å². The fourth-order valence-electron chi connectivity index (χ4n) is 2.46. The zero-order chi connectivity index (χ0) is 15.8. The number of rotatable bonds is 1. The smallest absolute Gasteiger partial charge is 0.259 e. The number of aromatic nitrogens is 2. The van der Waals surface area contributed by atoms with Crippen LogP contribution in [-0.2, 0) is 0 Å². The highest BCUT2D eigenvalue weighted by Crippen LogP contribution is 2.37. The molecule has 4 rings (SSSR count). The summed E-state index contributed by atoms with van der Waals surface area (Å²) in [5.41, 5.74) is 8.20. The summed E-state index contributed by atoms with van der Waals surface area (Å²) < 4.78 is 5.91. The summed E-state index contributed by atoms with van der Waals surface area (Å²) in [5.74, 6) is 1.06. The molecule has 3 N–H and O–H groups in total. The molecule has 6 nitrogen and oxygen atoms in total. The molecule has 0 saturated heterocycles. The number of anilines is 2. The number of ether oxygens (including phenoxy) is 1. The quantitative estimate of drug-likeness (QED) is 0.721. The molecule has 0 radical (unpaired) electrons. The lowest BCUT2D eigenvalue weighted by Crippen LogP contribution is -2.10. The van der Waals surface area contributed by atoms with Crippen molar-refractivity contribution in [1.82, 2.24) is 9.97 Å². The number of carbonyl (C=O) groups is 1. The fourth-order valence-corrected chi connectivity index (χ4v) is 2.46. The fraction of sp³-hybridized carbons (Fsp3) is 0. The zero-order valence-corrected chi connectivity index (χ0v) is 12.0. The molecule has 0 spiro atoms. The van der Waals surface area contributed by atoms with Gasteiger partial charge in [-0.2, -0.15) is 0 Å². The molecule has 0 atom stereocenters. The second-order valence-corrected chi connectivity index (χ2v) is 5.06. The molecule has 0 aliphatic carbocycles. The van der Waals surface area contributed by atoms with Gasteiger partial charge in [0.2, 0.25) is 5.95 Å². The van der Waals surface area contributed by atoms with E-state index in [2.05, 4.69) is 15.3 Å². The minimum absolute atomic E-state index is 0.196. The Hall–Kier alpha value is -3.41. The normalized spacial score (nSPS) is 12.4. The van der Waals surface area contributed by atoms with Crippen LogP contribution >= 0.6 is 0 Å². The van der Waals surface area contributed by atoms with Gasteiger partial charge in [-0.25, -0.2) is 9.97 Å². The van der Waals surface area contributed by atoms with Crippen molar-refractivity contribution < 1.29 is 9.53 Å². The number of hydrogen-bond donors (Lipinski definition) is 2. The maximum absolute atomic E-state index is 12.3. The molecule has 3 aromatic rings. The van der Waals surface area contributed by atoms with Crippen LogP contribution in [-0.4, -0.2) is 15.9 Å². The molecular formula is C17H12N4O2. The van der Waals surface area contributed by atoms with Crippen LogP contribution in [0, 0.1) is 0 Å². The van der Waals surface area contributed by atoms with E-state index in [0.717, 1.165) is 5.56 Å². The van der Waals surface area contributed by atoms with Crippen molar-refractivity contribution in [3.63, 3.8) is 0 Å². The molecule has 1 aliphatic heterocycles. The Kier molecular flexibility index (Phi) is 2.94. The predicted octanol–water partition coefficient (Wildman–Crippen LogP) is 3.08. The summed E-state index contributed by atoms with van der Waals surface area (Å²) in [6.07, 6.45) is 1.59. The topological polar surface area (TPSA) is 90.1 Å². The van der Waals surface area contributed by atoms with E-state index >= 15 is 0 Å². The van der Waals surface area contributed by atoms with Crippen LogP contribution < -0.4 is 15.8 Å². The Morgan fingerprint density at radius 2 is 1.91 bits per heavy atom. The lowest BCUT2D eigenvalue weighted by molar-refractivity contribution is 0.102. The van der Waals surface area contributed by atoms with Crippen molar-refractivity contribution in [3.8, 4) is 22.8 Å². The van der Waals surface area contributed by atoms with Crippen LogP contribution in [0.25, 0.3) is 11.3 Å². The molecule has 6 heteroatoms. The monoisotopic (exact) mass is 304 g/mol. The minimum Gasteiger partial charge on any atom is -0.454 e. The summed E-state index contributed by atoms with van der Waals surface area (Å²) in [7, 11) is 0. The first-order valence-electron chi connectivity index (χ1n) is 7.02. The molecule has 112 valence electrons. The highest BCUT2D eigenvalue weighted by atomic mass is 16.5. The van der Waals surface area contributed by atoms with Gasteiger partial charge < -0.3 is 15.8 Å². The van der Waals surface area contributed by atoms with Gasteiger partial charge >= 0.3 is 0 Å². The van der Waals surface area contributed by atoms with Crippen LogP contribution in [0.15, 0.2) is 54.7 Å². The highest BCUT2D eigenvalue weighted by Gasteiger charge is 2.21. The van der Waals surface area contributed by atoms with Gasteiger partial charge in [0, 0.05) is 11.8 Å². The van der Waals surface area contributed by atoms with Gasteiger partial charge in [0.05, 0.1) is 16.9 Å². The second kappa shape index (κ2) is 5.10. The number of benzene rings is 2. The molecule has 0 saturated carbocycles. The van der Waals surface area contributed by atoms with E-state index in [1.807, 2.05) is 12.1 Å². The summed E-state index contributed by atoms with van der Waals surface area (Å²) >= 11 is 0. The minimum atomic E-state index is -0.210. The van der Waals surface area contributed by atoms with Gasteiger partial charge in [-0.15, -0.1) is 0 Å². The molecular weight excluding hydrogens is 292 g/mol. The van der Waals surface area contributed by atoms with E-state index in [1.165, 1.54) is 0 Å². The van der Waals surface area contributed by atoms with Crippen molar-refractivity contribution in [1.29, 1.82) is 0 Å². The first-order valence-corrected chi connectivity index (χ1v) is 7.02. The summed E-state index contributed by atoms with van der Waals surface area (Å²) in [4.78, 5) is 20.4. The van der Waals surface area contributed by atoms with Crippen LogP contribution in [0.1, 0.15) is 10.4 Å². The Labute approximate surface area is 132 Å². The molecule has 1 aromatic heterocycles. The number of para-hydroxylation sites is 2. The van der Waals surface area contributed by atoms with Crippen molar-refractivity contribution in [2.45, 2.75) is 0 Å². The third kappa shape index (κ3) is 2.36. The molecule has 2 aromatic carbocycles. The molecule has 0 bridgehead atoms. The molecule has 23 heavy (non-hydrogen) atoms. The molecule has 1 amide bonds. The Morgan fingerprint density at radius 1 is 1.04 bits per heavy atom. The zero-order valence-electron chi connectivity index (χ0n) is 12.0. The lowest BCUT2D eigenvalue weighted by atomic mass is 10.1. The third-order valence-corrected chi connectivity index (χ3v) is 3.55. The second-order valence-electron chi connectivity index (χ2n) is 5.06. The number of amides is 1. The molecule has 0 fully saturated rings. The van der Waals surface area contributed by atoms with Crippen molar-refractivity contribution in [2.24, 2.45) is 0 Å². The number of hydrogen-bond acceptors (Lipinski definition) is 5. The average molecular weight is 304 g/mol. The highest BCUT2D eigenvalue weighted by molar-refractivity contribution is 6.08. The average Bonchev–Trinajstić information content (AvgIpc) is 2.70. The van der Waals surface area contributed by atoms with E-state index in [9.17, 15) is 4.79 Å². The third-order valence-electron chi connectivity index (χ3n) is 3.55. The predicted molar refractivity (Wildman–Crippen MR) is 86.3 cm³/mol. The van der Waals surface area contributed by atoms with Crippen LogP contribution in [0.2, 0.25) is 0 Å². The van der Waals surface area contributed by atoms with Crippen molar-refractivity contribution >= 4 is 17.5 Å². The Balaban J connectivity index is 1.83. The van der Waals surface area contributed by atoms with Crippen molar-refractivity contribution in [3.05, 3.63) is 60.3 Å².